The molecule has 21 heavy (non-hydrogen) atoms. The highest BCUT2D eigenvalue weighted by Crippen LogP contribution is 2.24. The van der Waals surface area contributed by atoms with Gasteiger partial charge in [0.2, 0.25) is 0 Å². The molecular formula is C14H13ClN2O4. The first-order chi connectivity index (χ1) is 10.1. The van der Waals surface area contributed by atoms with Gasteiger partial charge in [-0.15, -0.1) is 0 Å². The van der Waals surface area contributed by atoms with Crippen LogP contribution in [-0.2, 0) is 6.42 Å². The fraction of sp³-hybridized carbons (Fsp3) is 0.214. The third-order valence-electron chi connectivity index (χ3n) is 2.87. The summed E-state index contributed by atoms with van der Waals surface area (Å²) in [4.78, 5) is 22.0. The van der Waals surface area contributed by atoms with Crippen LogP contribution in [0.25, 0.3) is 0 Å². The van der Waals surface area contributed by atoms with Crippen molar-refractivity contribution in [2.24, 2.45) is 0 Å². The number of aryl methyl sites for hydroxylation is 1. The third kappa shape index (κ3) is 4.06. The Morgan fingerprint density at radius 2 is 2.19 bits per heavy atom. The molecule has 0 radical (unpaired) electrons. The second kappa shape index (κ2) is 6.90. The summed E-state index contributed by atoms with van der Waals surface area (Å²) < 4.78 is 5.18. The molecule has 2 rings (SSSR count). The number of nitrogens with zero attached hydrogens (tertiary/aromatic N) is 1. The van der Waals surface area contributed by atoms with E-state index in [4.69, 9.17) is 16.0 Å². The molecule has 0 spiro atoms. The second-order valence-electron chi connectivity index (χ2n) is 4.36. The van der Waals surface area contributed by atoms with Crippen molar-refractivity contribution < 1.29 is 14.1 Å². The Morgan fingerprint density at radius 1 is 1.38 bits per heavy atom. The van der Waals surface area contributed by atoms with Gasteiger partial charge in [-0.3, -0.25) is 14.9 Å². The number of hydrogen-bond acceptors (Lipinski definition) is 4. The quantitative estimate of drug-likeness (QED) is 0.504. The minimum atomic E-state index is -0.615. The van der Waals surface area contributed by atoms with Crippen molar-refractivity contribution in [3.63, 3.8) is 0 Å². The zero-order chi connectivity index (χ0) is 15.2. The van der Waals surface area contributed by atoms with E-state index in [1.165, 1.54) is 18.2 Å². The minimum Gasteiger partial charge on any atom is -0.469 e. The number of amides is 1. The molecule has 0 aliphatic carbocycles. The van der Waals surface area contributed by atoms with E-state index < -0.39 is 4.92 Å². The summed E-state index contributed by atoms with van der Waals surface area (Å²) in [5.41, 5.74) is -0.0657. The van der Waals surface area contributed by atoms with Crippen LogP contribution in [0, 0.1) is 10.1 Å². The van der Waals surface area contributed by atoms with Crippen molar-refractivity contribution in [1.29, 1.82) is 0 Å². The van der Waals surface area contributed by atoms with Gasteiger partial charge in [0.25, 0.3) is 11.6 Å². The molecule has 1 aromatic heterocycles. The Hall–Kier alpha value is -2.34. The molecule has 2 aromatic rings. The first-order valence-electron chi connectivity index (χ1n) is 6.32. The zero-order valence-corrected chi connectivity index (χ0v) is 11.8. The van der Waals surface area contributed by atoms with Crippen LogP contribution in [-0.4, -0.2) is 17.4 Å². The van der Waals surface area contributed by atoms with E-state index in [2.05, 4.69) is 5.32 Å². The van der Waals surface area contributed by atoms with Crippen LogP contribution in [0.2, 0.25) is 5.02 Å². The van der Waals surface area contributed by atoms with Gasteiger partial charge >= 0.3 is 0 Å². The highest BCUT2D eigenvalue weighted by atomic mass is 35.5. The number of nitrogens with one attached hydrogen (secondary N) is 1. The standard InChI is InChI=1S/C14H13ClN2O4/c15-12-6-5-10(9-13(12)17(19)20)14(18)16-7-1-3-11-4-2-8-21-11/h2,4-6,8-9H,1,3,7H2,(H,16,18). The molecule has 0 aliphatic rings. The summed E-state index contributed by atoms with van der Waals surface area (Å²) in [6, 6.07) is 7.64. The maximum Gasteiger partial charge on any atom is 0.288 e. The number of benzene rings is 1. The summed E-state index contributed by atoms with van der Waals surface area (Å²) in [5, 5.41) is 13.5. The van der Waals surface area contributed by atoms with E-state index in [-0.39, 0.29) is 22.2 Å². The van der Waals surface area contributed by atoms with Crippen molar-refractivity contribution in [2.75, 3.05) is 6.54 Å². The number of nitro groups is 1. The summed E-state index contributed by atoms with van der Waals surface area (Å²) in [6.45, 7) is 0.454. The predicted octanol–water partition coefficient (Wildman–Crippen LogP) is 3.20. The Balaban J connectivity index is 1.88. The molecule has 1 N–H and O–H groups in total. The van der Waals surface area contributed by atoms with E-state index in [1.54, 1.807) is 12.3 Å². The Bertz CT molecular complexity index is 640. The molecule has 6 nitrogen and oxygen atoms in total. The van der Waals surface area contributed by atoms with Gasteiger partial charge in [-0.05, 0) is 30.7 Å². The molecule has 0 unspecified atom stereocenters. The van der Waals surface area contributed by atoms with Gasteiger partial charge < -0.3 is 9.73 Å². The number of furan rings is 1. The van der Waals surface area contributed by atoms with E-state index >= 15 is 0 Å². The monoisotopic (exact) mass is 308 g/mol. The third-order valence-corrected chi connectivity index (χ3v) is 3.19. The molecule has 0 atom stereocenters. The molecule has 110 valence electrons. The van der Waals surface area contributed by atoms with E-state index in [1.807, 2.05) is 6.07 Å². The Kier molecular flexibility index (Phi) is 4.94. The summed E-state index contributed by atoms with van der Waals surface area (Å²) in [7, 11) is 0. The molecule has 1 heterocycles. The molecule has 0 aliphatic heterocycles. The number of rotatable bonds is 6. The second-order valence-corrected chi connectivity index (χ2v) is 4.77. The highest BCUT2D eigenvalue weighted by molar-refractivity contribution is 6.32. The average Bonchev–Trinajstić information content (AvgIpc) is 2.96. The molecule has 7 heteroatoms. The Labute approximate surface area is 125 Å². The highest BCUT2D eigenvalue weighted by Gasteiger charge is 2.15. The fourth-order valence-electron chi connectivity index (χ4n) is 1.82. The zero-order valence-electron chi connectivity index (χ0n) is 11.0. The molecular weight excluding hydrogens is 296 g/mol. The van der Waals surface area contributed by atoms with Gasteiger partial charge in [-0.1, -0.05) is 11.6 Å². The SMILES string of the molecule is O=C(NCCCc1ccco1)c1ccc(Cl)c([N+](=O)[O-])c1. The lowest BCUT2D eigenvalue weighted by atomic mass is 10.2. The molecule has 1 aromatic carbocycles. The Morgan fingerprint density at radius 3 is 2.86 bits per heavy atom. The number of nitro benzene ring substituents is 1. The topological polar surface area (TPSA) is 85.4 Å². The van der Waals surface area contributed by atoms with Gasteiger partial charge in [-0.2, -0.15) is 0 Å². The lowest BCUT2D eigenvalue weighted by Crippen LogP contribution is -2.24. The molecule has 0 fully saturated rings. The van der Waals surface area contributed by atoms with Gasteiger partial charge in [0.05, 0.1) is 11.2 Å². The van der Waals surface area contributed by atoms with Crippen LogP contribution in [0.1, 0.15) is 22.5 Å². The fourth-order valence-corrected chi connectivity index (χ4v) is 2.00. The van der Waals surface area contributed by atoms with Crippen LogP contribution in [0.15, 0.2) is 41.0 Å². The number of carbonyl (C=O) groups excluding carboxylic acids is 1. The maximum absolute atomic E-state index is 11.9. The number of halogens is 1. The summed E-state index contributed by atoms with van der Waals surface area (Å²) in [6.07, 6.45) is 3.03. The number of carbonyl (C=O) groups is 1. The average molecular weight is 309 g/mol. The van der Waals surface area contributed by atoms with Gasteiger partial charge in [0.1, 0.15) is 10.8 Å². The van der Waals surface area contributed by atoms with Gasteiger partial charge in [-0.25, -0.2) is 0 Å². The van der Waals surface area contributed by atoms with Crippen molar-refractivity contribution in [3.05, 3.63) is 63.1 Å². The first-order valence-corrected chi connectivity index (χ1v) is 6.70. The van der Waals surface area contributed by atoms with Crippen LogP contribution in [0.4, 0.5) is 5.69 Å². The predicted molar refractivity (Wildman–Crippen MR) is 77.5 cm³/mol. The van der Waals surface area contributed by atoms with Crippen LogP contribution >= 0.6 is 11.6 Å². The van der Waals surface area contributed by atoms with Gasteiger partial charge in [0.15, 0.2) is 0 Å². The molecule has 1 amide bonds. The lowest BCUT2D eigenvalue weighted by molar-refractivity contribution is -0.384. The van der Waals surface area contributed by atoms with E-state index in [9.17, 15) is 14.9 Å². The largest absolute Gasteiger partial charge is 0.469 e. The van der Waals surface area contributed by atoms with E-state index in [0.29, 0.717) is 13.0 Å². The normalized spacial score (nSPS) is 10.3. The molecule has 0 saturated carbocycles. The smallest absolute Gasteiger partial charge is 0.288 e. The van der Waals surface area contributed by atoms with E-state index in [0.717, 1.165) is 12.2 Å². The van der Waals surface area contributed by atoms with Crippen molar-refractivity contribution >= 4 is 23.2 Å². The molecule has 0 saturated heterocycles. The van der Waals surface area contributed by atoms with Crippen LogP contribution < -0.4 is 5.32 Å². The summed E-state index contributed by atoms with van der Waals surface area (Å²) >= 11 is 5.70. The number of hydrogen-bond donors (Lipinski definition) is 1. The minimum absolute atomic E-state index is 0.00868. The van der Waals surface area contributed by atoms with Crippen LogP contribution in [0.5, 0.6) is 0 Å². The van der Waals surface area contributed by atoms with Crippen molar-refractivity contribution in [2.45, 2.75) is 12.8 Å². The lowest BCUT2D eigenvalue weighted by Gasteiger charge is -2.05. The van der Waals surface area contributed by atoms with Crippen molar-refractivity contribution in [1.82, 2.24) is 5.32 Å². The van der Waals surface area contributed by atoms with Gasteiger partial charge in [0, 0.05) is 24.6 Å². The van der Waals surface area contributed by atoms with Crippen molar-refractivity contribution in [3.8, 4) is 0 Å². The maximum atomic E-state index is 11.9. The van der Waals surface area contributed by atoms with Crippen LogP contribution in [0.3, 0.4) is 0 Å². The first kappa shape index (κ1) is 15.1. The summed E-state index contributed by atoms with van der Waals surface area (Å²) in [5.74, 6) is 0.487. The molecule has 0 bridgehead atoms.